The normalized spacial score (nSPS) is 17.6. The maximum atomic E-state index is 11.6. The summed E-state index contributed by atoms with van der Waals surface area (Å²) in [6.07, 6.45) is 4.87. The molecule has 0 amide bonds. The summed E-state index contributed by atoms with van der Waals surface area (Å²) in [5, 5.41) is 0. The van der Waals surface area contributed by atoms with E-state index in [1.807, 2.05) is 0 Å². The molecule has 0 aromatic carbocycles. The fourth-order valence-corrected chi connectivity index (χ4v) is 2.21. The standard InChI is InChI=1S/C15H26O5/c1-11(2)18-14(16)10-9-12(3)19-15(17)20-13-7-5-4-6-8-13/h11-13H,4-10H2,1-3H3. The van der Waals surface area contributed by atoms with E-state index >= 15 is 0 Å². The Labute approximate surface area is 121 Å². The molecule has 1 aliphatic carbocycles. The first-order valence-corrected chi connectivity index (χ1v) is 7.54. The van der Waals surface area contributed by atoms with Crippen molar-refractivity contribution in [2.75, 3.05) is 0 Å². The predicted octanol–water partition coefficient (Wildman–Crippen LogP) is 3.59. The van der Waals surface area contributed by atoms with Gasteiger partial charge in [-0.05, 0) is 52.9 Å². The van der Waals surface area contributed by atoms with Gasteiger partial charge in [0.1, 0.15) is 12.2 Å². The highest BCUT2D eigenvalue weighted by Crippen LogP contribution is 2.21. The zero-order chi connectivity index (χ0) is 15.0. The largest absolute Gasteiger partial charge is 0.508 e. The van der Waals surface area contributed by atoms with Crippen LogP contribution < -0.4 is 0 Å². The smallest absolute Gasteiger partial charge is 0.463 e. The van der Waals surface area contributed by atoms with E-state index in [-0.39, 0.29) is 30.7 Å². The monoisotopic (exact) mass is 286 g/mol. The van der Waals surface area contributed by atoms with E-state index in [2.05, 4.69) is 0 Å². The predicted molar refractivity (Wildman–Crippen MR) is 74.4 cm³/mol. The van der Waals surface area contributed by atoms with Crippen molar-refractivity contribution in [1.82, 2.24) is 0 Å². The van der Waals surface area contributed by atoms with E-state index in [1.54, 1.807) is 20.8 Å². The molecule has 0 bridgehead atoms. The van der Waals surface area contributed by atoms with Crippen LogP contribution in [0.1, 0.15) is 65.7 Å². The molecule has 1 saturated carbocycles. The number of carbonyl (C=O) groups excluding carboxylic acids is 2. The fraction of sp³-hybridized carbons (Fsp3) is 0.867. The van der Waals surface area contributed by atoms with Crippen molar-refractivity contribution in [2.24, 2.45) is 0 Å². The number of esters is 1. The topological polar surface area (TPSA) is 61.8 Å². The molecule has 0 aromatic heterocycles. The van der Waals surface area contributed by atoms with Crippen LogP contribution in [-0.4, -0.2) is 30.4 Å². The third kappa shape index (κ3) is 7.36. The zero-order valence-electron chi connectivity index (χ0n) is 12.7. The quantitative estimate of drug-likeness (QED) is 0.698. The van der Waals surface area contributed by atoms with Crippen molar-refractivity contribution < 1.29 is 23.8 Å². The van der Waals surface area contributed by atoms with E-state index < -0.39 is 6.16 Å². The van der Waals surface area contributed by atoms with Crippen molar-refractivity contribution in [1.29, 1.82) is 0 Å². The van der Waals surface area contributed by atoms with Crippen LogP contribution in [-0.2, 0) is 19.0 Å². The van der Waals surface area contributed by atoms with Crippen molar-refractivity contribution >= 4 is 12.1 Å². The molecule has 0 heterocycles. The molecule has 1 unspecified atom stereocenters. The maximum absolute atomic E-state index is 11.6. The summed E-state index contributed by atoms with van der Waals surface area (Å²) in [6.45, 7) is 5.36. The zero-order valence-corrected chi connectivity index (χ0v) is 12.7. The highest BCUT2D eigenvalue weighted by Gasteiger charge is 2.20. The van der Waals surface area contributed by atoms with Gasteiger partial charge in [-0.3, -0.25) is 4.79 Å². The molecule has 5 heteroatoms. The summed E-state index contributed by atoms with van der Waals surface area (Å²) in [5.74, 6) is -0.268. The van der Waals surface area contributed by atoms with Crippen LogP contribution in [0.2, 0.25) is 0 Å². The van der Waals surface area contributed by atoms with E-state index in [0.717, 1.165) is 25.7 Å². The van der Waals surface area contributed by atoms with Crippen LogP contribution in [0.25, 0.3) is 0 Å². The highest BCUT2D eigenvalue weighted by molar-refractivity contribution is 5.69. The second-order valence-electron chi connectivity index (χ2n) is 5.63. The van der Waals surface area contributed by atoms with Crippen molar-refractivity contribution in [3.05, 3.63) is 0 Å². The number of rotatable bonds is 6. The van der Waals surface area contributed by atoms with Crippen molar-refractivity contribution in [3.63, 3.8) is 0 Å². The van der Waals surface area contributed by atoms with Crippen molar-refractivity contribution in [3.8, 4) is 0 Å². The summed E-state index contributed by atoms with van der Waals surface area (Å²) >= 11 is 0. The molecule has 20 heavy (non-hydrogen) atoms. The molecule has 0 radical (unpaired) electrons. The summed E-state index contributed by atoms with van der Waals surface area (Å²) in [5.41, 5.74) is 0. The lowest BCUT2D eigenvalue weighted by atomic mass is 9.98. The van der Waals surface area contributed by atoms with E-state index in [1.165, 1.54) is 6.42 Å². The van der Waals surface area contributed by atoms with E-state index in [9.17, 15) is 9.59 Å². The molecular weight excluding hydrogens is 260 g/mol. The number of hydrogen-bond donors (Lipinski definition) is 0. The van der Waals surface area contributed by atoms with Gasteiger partial charge in [-0.25, -0.2) is 4.79 Å². The van der Waals surface area contributed by atoms with Gasteiger partial charge in [-0.2, -0.15) is 0 Å². The minimum Gasteiger partial charge on any atom is -0.463 e. The second-order valence-corrected chi connectivity index (χ2v) is 5.63. The third-order valence-corrected chi connectivity index (χ3v) is 3.23. The molecule has 5 nitrogen and oxygen atoms in total. The van der Waals surface area contributed by atoms with Gasteiger partial charge >= 0.3 is 12.1 Å². The Kier molecular flexibility index (Phi) is 7.41. The number of ether oxygens (including phenoxy) is 3. The Morgan fingerprint density at radius 3 is 2.30 bits per heavy atom. The van der Waals surface area contributed by atoms with Crippen LogP contribution in [0.15, 0.2) is 0 Å². The van der Waals surface area contributed by atoms with Gasteiger partial charge in [0, 0.05) is 6.42 Å². The molecule has 0 spiro atoms. The Balaban J connectivity index is 2.15. The van der Waals surface area contributed by atoms with Crippen LogP contribution in [0.3, 0.4) is 0 Å². The number of carbonyl (C=O) groups is 2. The summed E-state index contributed by atoms with van der Waals surface area (Å²) < 4.78 is 15.4. The van der Waals surface area contributed by atoms with Gasteiger partial charge in [0.25, 0.3) is 0 Å². The van der Waals surface area contributed by atoms with E-state index in [0.29, 0.717) is 6.42 Å². The fourth-order valence-electron chi connectivity index (χ4n) is 2.21. The molecule has 1 rings (SSSR count). The molecule has 1 atom stereocenters. The average Bonchev–Trinajstić information content (AvgIpc) is 2.36. The Morgan fingerprint density at radius 1 is 1.05 bits per heavy atom. The SMILES string of the molecule is CC(C)OC(=O)CCC(C)OC(=O)OC1CCCCC1. The van der Waals surface area contributed by atoms with Gasteiger partial charge in [0.15, 0.2) is 0 Å². The highest BCUT2D eigenvalue weighted by atomic mass is 16.7. The number of hydrogen-bond acceptors (Lipinski definition) is 5. The summed E-state index contributed by atoms with van der Waals surface area (Å²) in [6, 6.07) is 0. The van der Waals surface area contributed by atoms with Gasteiger partial charge in [-0.15, -0.1) is 0 Å². The molecule has 1 fully saturated rings. The summed E-state index contributed by atoms with van der Waals surface area (Å²) in [7, 11) is 0. The van der Waals surface area contributed by atoms with Crippen LogP contribution in [0.5, 0.6) is 0 Å². The molecule has 0 N–H and O–H groups in total. The lowest BCUT2D eigenvalue weighted by molar-refractivity contribution is -0.148. The molecule has 0 saturated heterocycles. The van der Waals surface area contributed by atoms with Crippen LogP contribution in [0.4, 0.5) is 4.79 Å². The molecule has 1 aliphatic rings. The van der Waals surface area contributed by atoms with Gasteiger partial charge in [-0.1, -0.05) is 6.42 Å². The first-order chi connectivity index (χ1) is 9.47. The maximum Gasteiger partial charge on any atom is 0.508 e. The van der Waals surface area contributed by atoms with Crippen molar-refractivity contribution in [2.45, 2.75) is 84.0 Å². The van der Waals surface area contributed by atoms with Gasteiger partial charge < -0.3 is 14.2 Å². The Morgan fingerprint density at radius 2 is 1.70 bits per heavy atom. The second kappa shape index (κ2) is 8.82. The minimum absolute atomic E-state index is 0.00523. The molecular formula is C15H26O5. The lowest BCUT2D eigenvalue weighted by Crippen LogP contribution is -2.24. The van der Waals surface area contributed by atoms with Crippen LogP contribution in [0, 0.1) is 0 Å². The molecule has 0 aliphatic heterocycles. The average molecular weight is 286 g/mol. The van der Waals surface area contributed by atoms with Gasteiger partial charge in [0.2, 0.25) is 0 Å². The minimum atomic E-state index is -0.623. The lowest BCUT2D eigenvalue weighted by Gasteiger charge is -2.22. The first kappa shape index (κ1) is 16.8. The molecule has 116 valence electrons. The molecule has 0 aromatic rings. The van der Waals surface area contributed by atoms with E-state index in [4.69, 9.17) is 14.2 Å². The van der Waals surface area contributed by atoms with Crippen LogP contribution >= 0.6 is 0 Å². The third-order valence-electron chi connectivity index (χ3n) is 3.23. The Bertz CT molecular complexity index is 307. The van der Waals surface area contributed by atoms with Gasteiger partial charge in [0.05, 0.1) is 6.10 Å². The first-order valence-electron chi connectivity index (χ1n) is 7.54. The Hall–Kier alpha value is -1.26. The summed E-state index contributed by atoms with van der Waals surface area (Å²) in [4.78, 5) is 23.0.